The summed E-state index contributed by atoms with van der Waals surface area (Å²) in [5.74, 6) is -0.779. The van der Waals surface area contributed by atoms with E-state index in [1.807, 2.05) is 0 Å². The van der Waals surface area contributed by atoms with Crippen LogP contribution in [0.4, 0.5) is 10.1 Å². The highest BCUT2D eigenvalue weighted by molar-refractivity contribution is 5.35. The SMILES string of the molecule is C=CCC(O)c1ccc([N+](=O)[O-])cc1F. The average molecular weight is 211 g/mol. The van der Waals surface area contributed by atoms with Gasteiger partial charge < -0.3 is 5.11 Å². The topological polar surface area (TPSA) is 63.4 Å². The lowest BCUT2D eigenvalue weighted by Gasteiger charge is -2.08. The van der Waals surface area contributed by atoms with Gasteiger partial charge in [0, 0.05) is 11.6 Å². The summed E-state index contributed by atoms with van der Waals surface area (Å²) in [5, 5.41) is 19.8. The van der Waals surface area contributed by atoms with Crippen LogP contribution in [0.1, 0.15) is 18.1 Å². The van der Waals surface area contributed by atoms with E-state index in [0.717, 1.165) is 12.1 Å². The molecule has 0 amide bonds. The minimum Gasteiger partial charge on any atom is -0.388 e. The minimum atomic E-state index is -1.01. The first-order chi connectivity index (χ1) is 7.06. The summed E-state index contributed by atoms with van der Waals surface area (Å²) >= 11 is 0. The molecule has 1 N–H and O–H groups in total. The van der Waals surface area contributed by atoms with Gasteiger partial charge in [0.15, 0.2) is 0 Å². The molecule has 1 aromatic carbocycles. The summed E-state index contributed by atoms with van der Waals surface area (Å²) in [6.45, 7) is 3.41. The van der Waals surface area contributed by atoms with E-state index in [-0.39, 0.29) is 17.7 Å². The number of non-ortho nitro benzene ring substituents is 1. The summed E-state index contributed by atoms with van der Waals surface area (Å²) in [5.41, 5.74) is -0.289. The average Bonchev–Trinajstić information content (AvgIpc) is 2.17. The smallest absolute Gasteiger partial charge is 0.272 e. The van der Waals surface area contributed by atoms with Crippen LogP contribution in [0.15, 0.2) is 30.9 Å². The highest BCUT2D eigenvalue weighted by Gasteiger charge is 2.15. The van der Waals surface area contributed by atoms with Gasteiger partial charge >= 0.3 is 0 Å². The van der Waals surface area contributed by atoms with Crippen molar-refractivity contribution in [3.05, 3.63) is 52.3 Å². The molecule has 1 rings (SSSR count). The molecular weight excluding hydrogens is 201 g/mol. The quantitative estimate of drug-likeness (QED) is 0.472. The van der Waals surface area contributed by atoms with Crippen LogP contribution in [-0.2, 0) is 0 Å². The van der Waals surface area contributed by atoms with Crippen molar-refractivity contribution in [2.24, 2.45) is 0 Å². The standard InChI is InChI=1S/C10H10FNO3/c1-2-3-10(13)8-5-4-7(12(14)15)6-9(8)11/h2,4-6,10,13H,1,3H2. The first-order valence-corrected chi connectivity index (χ1v) is 4.29. The number of nitro groups is 1. The summed E-state index contributed by atoms with van der Waals surface area (Å²) in [6, 6.07) is 3.16. The van der Waals surface area contributed by atoms with Crippen molar-refractivity contribution >= 4 is 5.69 Å². The van der Waals surface area contributed by atoms with Crippen LogP contribution in [0.25, 0.3) is 0 Å². The Morgan fingerprint density at radius 1 is 1.67 bits per heavy atom. The van der Waals surface area contributed by atoms with Gasteiger partial charge in [-0.1, -0.05) is 6.08 Å². The normalized spacial score (nSPS) is 12.1. The monoisotopic (exact) mass is 211 g/mol. The molecule has 0 radical (unpaired) electrons. The van der Waals surface area contributed by atoms with E-state index in [0.29, 0.717) is 0 Å². The van der Waals surface area contributed by atoms with Crippen LogP contribution in [0.5, 0.6) is 0 Å². The fourth-order valence-electron chi connectivity index (χ4n) is 1.18. The maximum atomic E-state index is 13.3. The van der Waals surface area contributed by atoms with E-state index in [9.17, 15) is 19.6 Å². The molecular formula is C10H10FNO3. The Hall–Kier alpha value is -1.75. The van der Waals surface area contributed by atoms with Crippen LogP contribution >= 0.6 is 0 Å². The van der Waals surface area contributed by atoms with Gasteiger partial charge in [0.05, 0.1) is 17.1 Å². The Bertz CT molecular complexity index is 392. The number of aliphatic hydroxyl groups is 1. The van der Waals surface area contributed by atoms with Crippen molar-refractivity contribution in [3.8, 4) is 0 Å². The van der Waals surface area contributed by atoms with E-state index in [4.69, 9.17) is 0 Å². The maximum absolute atomic E-state index is 13.3. The number of halogens is 1. The lowest BCUT2D eigenvalue weighted by molar-refractivity contribution is -0.385. The van der Waals surface area contributed by atoms with Crippen molar-refractivity contribution in [2.45, 2.75) is 12.5 Å². The van der Waals surface area contributed by atoms with Crippen molar-refractivity contribution in [2.75, 3.05) is 0 Å². The Labute approximate surface area is 85.8 Å². The van der Waals surface area contributed by atoms with E-state index in [2.05, 4.69) is 6.58 Å². The third-order valence-electron chi connectivity index (χ3n) is 1.94. The zero-order valence-corrected chi connectivity index (χ0v) is 7.89. The molecule has 0 spiro atoms. The molecule has 0 aliphatic heterocycles. The molecule has 0 aliphatic rings. The Morgan fingerprint density at radius 3 is 2.80 bits per heavy atom. The molecule has 0 heterocycles. The second-order valence-corrected chi connectivity index (χ2v) is 3.00. The molecule has 1 aromatic rings. The molecule has 0 aromatic heterocycles. The minimum absolute atomic E-state index is 0.0421. The van der Waals surface area contributed by atoms with Gasteiger partial charge in [0.2, 0.25) is 0 Å². The predicted octanol–water partition coefficient (Wildman–Crippen LogP) is 2.34. The molecule has 1 unspecified atom stereocenters. The highest BCUT2D eigenvalue weighted by atomic mass is 19.1. The summed E-state index contributed by atoms with van der Waals surface area (Å²) in [6.07, 6.45) is 0.642. The number of nitrogens with zero attached hydrogens (tertiary/aromatic N) is 1. The lowest BCUT2D eigenvalue weighted by Crippen LogP contribution is -2.00. The molecule has 5 heteroatoms. The number of nitro benzene ring substituents is 1. The number of aliphatic hydroxyl groups excluding tert-OH is 1. The van der Waals surface area contributed by atoms with Crippen molar-refractivity contribution in [1.82, 2.24) is 0 Å². The summed E-state index contributed by atoms with van der Waals surface area (Å²) < 4.78 is 13.3. The van der Waals surface area contributed by atoms with Gasteiger partial charge in [-0.05, 0) is 12.5 Å². The molecule has 1 atom stereocenters. The van der Waals surface area contributed by atoms with Crippen LogP contribution < -0.4 is 0 Å². The van der Waals surface area contributed by atoms with Gasteiger partial charge in [0.1, 0.15) is 5.82 Å². The van der Waals surface area contributed by atoms with Gasteiger partial charge in [-0.25, -0.2) is 4.39 Å². The van der Waals surface area contributed by atoms with Crippen LogP contribution in [0.2, 0.25) is 0 Å². The summed E-state index contributed by atoms with van der Waals surface area (Å²) in [4.78, 5) is 9.63. The molecule has 0 fully saturated rings. The Kier molecular flexibility index (Phi) is 3.51. The number of hydrogen-bond acceptors (Lipinski definition) is 3. The second-order valence-electron chi connectivity index (χ2n) is 3.00. The van der Waals surface area contributed by atoms with Crippen LogP contribution in [0.3, 0.4) is 0 Å². The molecule has 15 heavy (non-hydrogen) atoms. The number of benzene rings is 1. The number of hydrogen-bond donors (Lipinski definition) is 1. The van der Waals surface area contributed by atoms with E-state index in [1.54, 1.807) is 0 Å². The first kappa shape index (κ1) is 11.3. The Morgan fingerprint density at radius 2 is 2.33 bits per heavy atom. The van der Waals surface area contributed by atoms with Gasteiger partial charge in [-0.2, -0.15) is 0 Å². The molecule has 4 nitrogen and oxygen atoms in total. The van der Waals surface area contributed by atoms with E-state index >= 15 is 0 Å². The Balaban J connectivity index is 3.02. The third-order valence-corrected chi connectivity index (χ3v) is 1.94. The highest BCUT2D eigenvalue weighted by Crippen LogP contribution is 2.23. The van der Waals surface area contributed by atoms with Crippen LogP contribution in [0, 0.1) is 15.9 Å². The zero-order valence-electron chi connectivity index (χ0n) is 7.89. The third kappa shape index (κ3) is 2.60. The molecule has 80 valence electrons. The second kappa shape index (κ2) is 4.65. The first-order valence-electron chi connectivity index (χ1n) is 4.29. The summed E-state index contributed by atoms with van der Waals surface area (Å²) in [7, 11) is 0. The molecule has 0 aliphatic carbocycles. The fraction of sp³-hybridized carbons (Fsp3) is 0.200. The van der Waals surface area contributed by atoms with E-state index < -0.39 is 16.8 Å². The molecule has 0 bridgehead atoms. The van der Waals surface area contributed by atoms with E-state index in [1.165, 1.54) is 12.1 Å². The molecule has 0 saturated heterocycles. The van der Waals surface area contributed by atoms with Gasteiger partial charge in [0.25, 0.3) is 5.69 Å². The maximum Gasteiger partial charge on any atom is 0.272 e. The predicted molar refractivity (Wildman–Crippen MR) is 52.8 cm³/mol. The van der Waals surface area contributed by atoms with Crippen molar-refractivity contribution < 1.29 is 14.4 Å². The number of rotatable bonds is 4. The zero-order chi connectivity index (χ0) is 11.4. The largest absolute Gasteiger partial charge is 0.388 e. The van der Waals surface area contributed by atoms with Crippen molar-refractivity contribution in [1.29, 1.82) is 0 Å². The van der Waals surface area contributed by atoms with Gasteiger partial charge in [-0.15, -0.1) is 6.58 Å². The van der Waals surface area contributed by atoms with Crippen molar-refractivity contribution in [3.63, 3.8) is 0 Å². The molecule has 0 saturated carbocycles. The lowest BCUT2D eigenvalue weighted by atomic mass is 10.1. The fourth-order valence-corrected chi connectivity index (χ4v) is 1.18. The van der Waals surface area contributed by atoms with Gasteiger partial charge in [-0.3, -0.25) is 10.1 Å². The van der Waals surface area contributed by atoms with Crippen LogP contribution in [-0.4, -0.2) is 10.0 Å².